The van der Waals surface area contributed by atoms with Crippen LogP contribution >= 0.6 is 12.2 Å². The fourth-order valence-corrected chi connectivity index (χ4v) is 2.35. The molecule has 2 rings (SSSR count). The van der Waals surface area contributed by atoms with Crippen molar-refractivity contribution < 1.29 is 36.0 Å². The normalized spacial score (nSPS) is 16.4. The molecule has 0 saturated carbocycles. The molecule has 0 aliphatic carbocycles. The van der Waals surface area contributed by atoms with Crippen molar-refractivity contribution in [3.05, 3.63) is 40.0 Å². The maximum atomic E-state index is 13.3. The van der Waals surface area contributed by atoms with E-state index in [1.165, 1.54) is 7.05 Å². The molecule has 1 aromatic carbocycles. The molecule has 0 bridgehead atoms. The van der Waals surface area contributed by atoms with Gasteiger partial charge in [-0.05, 0) is 12.1 Å². The molecule has 0 radical (unpaired) electrons. The molecule has 0 amide bonds. The van der Waals surface area contributed by atoms with Gasteiger partial charge in [-0.3, -0.25) is 10.1 Å². The second-order valence-electron chi connectivity index (χ2n) is 4.91. The molecule has 0 aromatic heterocycles. The lowest BCUT2D eigenvalue weighted by atomic mass is 9.90. The first-order chi connectivity index (χ1) is 11.3. The molecule has 1 N–H and O–H groups in total. The molecular formula is C13H8F6N2O3S. The Morgan fingerprint density at radius 3 is 2.24 bits per heavy atom. The summed E-state index contributed by atoms with van der Waals surface area (Å²) in [5.41, 5.74) is -6.19. The van der Waals surface area contributed by atoms with Crippen LogP contribution in [0.1, 0.15) is 5.56 Å². The molecule has 12 heteroatoms. The molecule has 0 fully saturated rings. The van der Waals surface area contributed by atoms with Gasteiger partial charge in [0, 0.05) is 30.3 Å². The van der Waals surface area contributed by atoms with E-state index in [2.05, 4.69) is 10.1 Å². The number of hydrogen-bond donors (Lipinski definition) is 1. The van der Waals surface area contributed by atoms with E-state index in [0.717, 1.165) is 12.1 Å². The van der Waals surface area contributed by atoms with E-state index < -0.39 is 44.9 Å². The van der Waals surface area contributed by atoms with Gasteiger partial charge in [-0.15, -0.1) is 0 Å². The molecule has 1 heterocycles. The zero-order valence-corrected chi connectivity index (χ0v) is 13.0. The number of alkyl halides is 6. The highest BCUT2D eigenvalue weighted by atomic mass is 32.1. The number of nitro benzene ring substituents is 1. The van der Waals surface area contributed by atoms with Gasteiger partial charge in [0.25, 0.3) is 5.69 Å². The topological polar surface area (TPSA) is 64.4 Å². The Hall–Kier alpha value is -2.37. The third-order valence-corrected chi connectivity index (χ3v) is 3.82. The highest BCUT2D eigenvalue weighted by Gasteiger charge is 2.73. The first-order valence-corrected chi connectivity index (χ1v) is 6.81. The van der Waals surface area contributed by atoms with Crippen molar-refractivity contribution in [1.29, 1.82) is 0 Å². The summed E-state index contributed by atoms with van der Waals surface area (Å²) in [7, 11) is 1.19. The smallest absolute Gasteiger partial charge is 0.441 e. The highest BCUT2D eigenvalue weighted by Crippen LogP contribution is 2.52. The van der Waals surface area contributed by atoms with Gasteiger partial charge in [-0.25, -0.2) is 0 Å². The van der Waals surface area contributed by atoms with Crippen LogP contribution in [0.15, 0.2) is 24.3 Å². The van der Waals surface area contributed by atoms with Crippen LogP contribution in [0.3, 0.4) is 0 Å². The number of rotatable bonds is 2. The molecule has 0 unspecified atom stereocenters. The van der Waals surface area contributed by atoms with Crippen LogP contribution in [-0.2, 0) is 0 Å². The molecule has 5 nitrogen and oxygen atoms in total. The van der Waals surface area contributed by atoms with E-state index in [-0.39, 0.29) is 11.6 Å². The van der Waals surface area contributed by atoms with E-state index >= 15 is 0 Å². The lowest BCUT2D eigenvalue weighted by Crippen LogP contribution is -2.61. The monoisotopic (exact) mass is 386 g/mol. The van der Waals surface area contributed by atoms with Crippen LogP contribution in [0, 0.1) is 10.1 Å². The van der Waals surface area contributed by atoms with Crippen molar-refractivity contribution in [3.8, 4) is 5.75 Å². The van der Waals surface area contributed by atoms with Crippen LogP contribution < -0.4 is 10.1 Å². The van der Waals surface area contributed by atoms with E-state index in [1.807, 2.05) is 0 Å². The van der Waals surface area contributed by atoms with Gasteiger partial charge in [0.2, 0.25) is 0 Å². The summed E-state index contributed by atoms with van der Waals surface area (Å²) < 4.78 is 83.9. The predicted molar refractivity (Wildman–Crippen MR) is 78.2 cm³/mol. The predicted octanol–water partition coefficient (Wildman–Crippen LogP) is 3.78. The largest absolute Gasteiger partial charge is 0.464 e. The third-order valence-electron chi connectivity index (χ3n) is 3.40. The summed E-state index contributed by atoms with van der Waals surface area (Å²) in [5, 5.41) is 13.1. The average Bonchev–Trinajstić information content (AvgIpc) is 2.50. The Bertz CT molecular complexity index is 758. The van der Waals surface area contributed by atoms with Gasteiger partial charge in [-0.2, -0.15) is 26.3 Å². The quantitative estimate of drug-likeness (QED) is 0.363. The first-order valence-electron chi connectivity index (χ1n) is 6.40. The van der Waals surface area contributed by atoms with Crippen molar-refractivity contribution in [3.63, 3.8) is 0 Å². The summed E-state index contributed by atoms with van der Waals surface area (Å²) in [6.07, 6.45) is -11.9. The van der Waals surface area contributed by atoms with Gasteiger partial charge < -0.3 is 10.1 Å². The van der Waals surface area contributed by atoms with E-state index in [0.29, 0.717) is 6.07 Å². The average molecular weight is 386 g/mol. The van der Waals surface area contributed by atoms with Crippen molar-refractivity contribution >= 4 is 28.5 Å². The maximum absolute atomic E-state index is 13.3. The number of nitro groups is 1. The van der Waals surface area contributed by atoms with E-state index in [1.54, 1.807) is 0 Å². The minimum absolute atomic E-state index is 0.210. The first kappa shape index (κ1) is 19.0. The van der Waals surface area contributed by atoms with Crippen LogP contribution in [0.4, 0.5) is 32.0 Å². The SMILES string of the molecule is CNC(=S)C1=CC(C(F)(F)F)(C(F)(F)F)Oc2ccc([N+](=O)[O-])cc21. The van der Waals surface area contributed by atoms with Crippen LogP contribution in [-0.4, -0.2) is 34.9 Å². The van der Waals surface area contributed by atoms with Crippen molar-refractivity contribution in [2.24, 2.45) is 0 Å². The summed E-state index contributed by atoms with van der Waals surface area (Å²) >= 11 is 4.77. The summed E-state index contributed by atoms with van der Waals surface area (Å²) in [6, 6.07) is 2.20. The highest BCUT2D eigenvalue weighted by molar-refractivity contribution is 7.81. The molecule has 0 saturated heterocycles. The van der Waals surface area contributed by atoms with Gasteiger partial charge in [0.15, 0.2) is 0 Å². The Morgan fingerprint density at radius 2 is 1.80 bits per heavy atom. The number of likely N-dealkylation sites (N-methyl/N-ethyl adjacent to an activating group) is 1. The second kappa shape index (κ2) is 5.86. The summed E-state index contributed by atoms with van der Waals surface area (Å²) in [6.45, 7) is 0. The minimum atomic E-state index is -5.85. The Kier molecular flexibility index (Phi) is 4.45. The van der Waals surface area contributed by atoms with Crippen LogP contribution in [0.5, 0.6) is 5.75 Å². The van der Waals surface area contributed by atoms with Gasteiger partial charge in [0.05, 0.1) is 4.92 Å². The number of nitrogens with zero attached hydrogens (tertiary/aromatic N) is 1. The molecule has 1 aliphatic rings. The second-order valence-corrected chi connectivity index (χ2v) is 5.32. The zero-order chi connectivity index (χ0) is 19.2. The fraction of sp³-hybridized carbons (Fsp3) is 0.308. The molecule has 136 valence electrons. The van der Waals surface area contributed by atoms with Gasteiger partial charge >= 0.3 is 18.0 Å². The van der Waals surface area contributed by atoms with Crippen molar-refractivity contribution in [2.75, 3.05) is 7.05 Å². The number of thiocarbonyl (C=S) groups is 1. The van der Waals surface area contributed by atoms with E-state index in [9.17, 15) is 36.5 Å². The molecule has 1 aliphatic heterocycles. The van der Waals surface area contributed by atoms with Crippen molar-refractivity contribution in [2.45, 2.75) is 18.0 Å². The maximum Gasteiger partial charge on any atom is 0.441 e. The Morgan fingerprint density at radius 1 is 1.24 bits per heavy atom. The number of hydrogen-bond acceptors (Lipinski definition) is 4. The summed E-state index contributed by atoms with van der Waals surface area (Å²) in [4.78, 5) is 9.51. The van der Waals surface area contributed by atoms with Crippen LogP contribution in [0.25, 0.3) is 5.57 Å². The molecule has 1 aromatic rings. The number of benzene rings is 1. The summed E-state index contributed by atoms with van der Waals surface area (Å²) in [5.74, 6) is -0.824. The molecular weight excluding hydrogens is 378 g/mol. The number of fused-ring (bicyclic) bond motifs is 1. The number of halogens is 6. The third kappa shape index (κ3) is 3.01. The number of non-ortho nitro benzene ring substituents is 1. The standard InChI is InChI=1S/C13H8F6N2O3S/c1-20-10(25)8-5-11(12(14,15)16,13(17,18)19)24-9-3-2-6(21(22)23)4-7(8)9/h2-5H,1H3,(H,20,25). The number of ether oxygens (including phenoxy) is 1. The zero-order valence-electron chi connectivity index (χ0n) is 12.2. The fourth-order valence-electron chi connectivity index (χ4n) is 2.18. The number of nitrogens with one attached hydrogen (secondary N) is 1. The van der Waals surface area contributed by atoms with Gasteiger partial charge in [-0.1, -0.05) is 12.2 Å². The van der Waals surface area contributed by atoms with Crippen molar-refractivity contribution in [1.82, 2.24) is 5.32 Å². The molecule has 25 heavy (non-hydrogen) atoms. The van der Waals surface area contributed by atoms with Crippen LogP contribution in [0.2, 0.25) is 0 Å². The Balaban J connectivity index is 2.81. The molecule has 0 atom stereocenters. The lowest BCUT2D eigenvalue weighted by Gasteiger charge is -2.39. The van der Waals surface area contributed by atoms with Gasteiger partial charge in [0.1, 0.15) is 10.7 Å². The molecule has 0 spiro atoms. The lowest BCUT2D eigenvalue weighted by molar-refractivity contribution is -0.384. The minimum Gasteiger partial charge on any atom is -0.464 e. The Labute approximate surface area is 141 Å². The van der Waals surface area contributed by atoms with E-state index in [4.69, 9.17) is 12.2 Å².